The highest BCUT2D eigenvalue weighted by Gasteiger charge is 2.44. The fourth-order valence-electron chi connectivity index (χ4n) is 2.22. The molecular formula is C16H16N2O6. The number of hydrogen-bond donors (Lipinski definition) is 0. The van der Waals surface area contributed by atoms with Gasteiger partial charge in [-0.25, -0.2) is 9.69 Å². The van der Waals surface area contributed by atoms with Gasteiger partial charge in [0.2, 0.25) is 0 Å². The van der Waals surface area contributed by atoms with Gasteiger partial charge in [-0.05, 0) is 18.2 Å². The van der Waals surface area contributed by atoms with Gasteiger partial charge in [-0.3, -0.25) is 19.3 Å². The molecule has 0 spiro atoms. The van der Waals surface area contributed by atoms with E-state index in [1.165, 1.54) is 38.5 Å². The number of carbonyl (C=O) groups is 4. The molecule has 1 saturated heterocycles. The lowest BCUT2D eigenvalue weighted by Gasteiger charge is -2.14. The van der Waals surface area contributed by atoms with Gasteiger partial charge >= 0.3 is 17.8 Å². The molecule has 0 unspecified atom stereocenters. The predicted molar refractivity (Wildman–Crippen MR) is 82.9 cm³/mol. The van der Waals surface area contributed by atoms with Crippen molar-refractivity contribution in [1.82, 2.24) is 9.80 Å². The van der Waals surface area contributed by atoms with Crippen LogP contribution in [0, 0.1) is 0 Å². The van der Waals surface area contributed by atoms with E-state index in [0.29, 0.717) is 16.4 Å². The summed E-state index contributed by atoms with van der Waals surface area (Å²) in [6.45, 7) is 2.79. The second kappa shape index (κ2) is 6.95. The first-order chi connectivity index (χ1) is 11.4. The van der Waals surface area contributed by atoms with Gasteiger partial charge in [-0.15, -0.1) is 6.58 Å². The molecule has 8 nitrogen and oxygen atoms in total. The second-order valence-corrected chi connectivity index (χ2v) is 4.87. The zero-order valence-corrected chi connectivity index (χ0v) is 13.3. The van der Waals surface area contributed by atoms with Gasteiger partial charge < -0.3 is 9.47 Å². The number of carbonyl (C=O) groups excluding carboxylic acids is 4. The lowest BCUT2D eigenvalue weighted by molar-refractivity contribution is -0.142. The molecule has 0 N–H and O–H groups in total. The number of ketones is 1. The first kappa shape index (κ1) is 17.2. The Labute approximate surface area is 138 Å². The van der Waals surface area contributed by atoms with Crippen LogP contribution in [-0.4, -0.2) is 60.7 Å². The molecule has 0 atom stereocenters. The largest absolute Gasteiger partial charge is 0.493 e. The summed E-state index contributed by atoms with van der Waals surface area (Å²) < 4.78 is 10.2. The van der Waals surface area contributed by atoms with Crippen LogP contribution in [0.25, 0.3) is 0 Å². The van der Waals surface area contributed by atoms with Crippen LogP contribution >= 0.6 is 0 Å². The van der Waals surface area contributed by atoms with Crippen molar-refractivity contribution in [2.75, 3.05) is 27.3 Å². The van der Waals surface area contributed by atoms with Gasteiger partial charge in [0.15, 0.2) is 17.3 Å². The lowest BCUT2D eigenvalue weighted by Crippen LogP contribution is -2.37. The highest BCUT2D eigenvalue weighted by molar-refractivity contribution is 6.45. The zero-order valence-electron chi connectivity index (χ0n) is 13.3. The maximum absolute atomic E-state index is 12.3. The molecule has 4 amide bonds. The second-order valence-electron chi connectivity index (χ2n) is 4.87. The van der Waals surface area contributed by atoms with Gasteiger partial charge in [-0.1, -0.05) is 6.08 Å². The maximum Gasteiger partial charge on any atom is 0.334 e. The third-order valence-electron chi connectivity index (χ3n) is 3.45. The fourth-order valence-corrected chi connectivity index (χ4v) is 2.22. The standard InChI is InChI=1S/C16H16N2O6/c1-4-7-17-14(20)15(21)18(16(17)22)9-11(19)10-5-6-12(23-2)13(8-10)24-3/h4-6,8H,1,7,9H2,2-3H3. The van der Waals surface area contributed by atoms with E-state index in [4.69, 9.17) is 9.47 Å². The molecular weight excluding hydrogens is 316 g/mol. The molecule has 0 aromatic heterocycles. The Morgan fingerprint density at radius 2 is 1.71 bits per heavy atom. The Hall–Kier alpha value is -3.16. The first-order valence-corrected chi connectivity index (χ1v) is 6.98. The summed E-state index contributed by atoms with van der Waals surface area (Å²) >= 11 is 0. The quantitative estimate of drug-likeness (QED) is 0.318. The van der Waals surface area contributed by atoms with Gasteiger partial charge in [0.05, 0.1) is 20.8 Å². The van der Waals surface area contributed by atoms with Crippen molar-refractivity contribution in [1.29, 1.82) is 0 Å². The molecule has 1 heterocycles. The summed E-state index contributed by atoms with van der Waals surface area (Å²) in [6.07, 6.45) is 1.32. The molecule has 8 heteroatoms. The van der Waals surface area contributed by atoms with Crippen molar-refractivity contribution >= 4 is 23.6 Å². The molecule has 0 aliphatic carbocycles. The third kappa shape index (κ3) is 2.98. The van der Waals surface area contributed by atoms with Gasteiger partial charge in [0.1, 0.15) is 0 Å². The van der Waals surface area contributed by atoms with Crippen LogP contribution in [0.5, 0.6) is 11.5 Å². The summed E-state index contributed by atoms with van der Waals surface area (Å²) in [4.78, 5) is 49.4. The van der Waals surface area contributed by atoms with Crippen LogP contribution in [0.3, 0.4) is 0 Å². The highest BCUT2D eigenvalue weighted by atomic mass is 16.5. The molecule has 2 rings (SSSR count). The van der Waals surface area contributed by atoms with Crippen molar-refractivity contribution in [3.63, 3.8) is 0 Å². The Morgan fingerprint density at radius 1 is 1.08 bits per heavy atom. The molecule has 0 radical (unpaired) electrons. The Balaban J connectivity index is 2.20. The molecule has 126 valence electrons. The molecule has 0 bridgehead atoms. The first-order valence-electron chi connectivity index (χ1n) is 6.98. The summed E-state index contributed by atoms with van der Waals surface area (Å²) in [5.74, 6) is -1.73. The molecule has 1 aromatic rings. The number of ether oxygens (including phenoxy) is 2. The number of benzene rings is 1. The van der Waals surface area contributed by atoms with Crippen molar-refractivity contribution in [2.45, 2.75) is 0 Å². The molecule has 1 aromatic carbocycles. The van der Waals surface area contributed by atoms with Gasteiger partial charge in [-0.2, -0.15) is 0 Å². The molecule has 1 aliphatic heterocycles. The summed E-state index contributed by atoms with van der Waals surface area (Å²) in [6, 6.07) is 3.63. The van der Waals surface area contributed by atoms with Gasteiger partial charge in [0, 0.05) is 12.1 Å². The van der Waals surface area contributed by atoms with Crippen molar-refractivity contribution < 1.29 is 28.7 Å². The van der Waals surface area contributed by atoms with E-state index in [1.807, 2.05) is 0 Å². The minimum atomic E-state index is -1.03. The van der Waals surface area contributed by atoms with Crippen LogP contribution in [0.4, 0.5) is 4.79 Å². The van der Waals surface area contributed by atoms with Crippen LogP contribution in [0.1, 0.15) is 10.4 Å². The van der Waals surface area contributed by atoms with Crippen molar-refractivity contribution in [2.24, 2.45) is 0 Å². The lowest BCUT2D eigenvalue weighted by atomic mass is 10.1. The van der Waals surface area contributed by atoms with Crippen molar-refractivity contribution in [3.05, 3.63) is 36.4 Å². The van der Waals surface area contributed by atoms with E-state index in [2.05, 4.69) is 6.58 Å². The summed E-state index contributed by atoms with van der Waals surface area (Å²) in [5.41, 5.74) is 0.225. The van der Waals surface area contributed by atoms with Gasteiger partial charge in [0.25, 0.3) is 0 Å². The molecule has 1 aliphatic rings. The van der Waals surface area contributed by atoms with Crippen LogP contribution in [-0.2, 0) is 9.59 Å². The van der Waals surface area contributed by atoms with E-state index < -0.39 is 30.2 Å². The number of urea groups is 1. The third-order valence-corrected chi connectivity index (χ3v) is 3.45. The zero-order chi connectivity index (χ0) is 17.9. The summed E-state index contributed by atoms with van der Waals surface area (Å²) in [5, 5.41) is 0. The monoisotopic (exact) mass is 332 g/mol. The number of methoxy groups -OCH3 is 2. The van der Waals surface area contributed by atoms with Crippen LogP contribution in [0.15, 0.2) is 30.9 Å². The SMILES string of the molecule is C=CCN1C(=O)C(=O)N(CC(=O)c2ccc(OC)c(OC)c2)C1=O. The number of hydrogen-bond acceptors (Lipinski definition) is 6. The Bertz CT molecular complexity index is 727. The number of imide groups is 2. The summed E-state index contributed by atoms with van der Waals surface area (Å²) in [7, 11) is 2.88. The average Bonchev–Trinajstić information content (AvgIpc) is 2.79. The highest BCUT2D eigenvalue weighted by Crippen LogP contribution is 2.28. The smallest absolute Gasteiger partial charge is 0.334 e. The van der Waals surface area contributed by atoms with E-state index in [-0.39, 0.29) is 12.1 Å². The maximum atomic E-state index is 12.3. The van der Waals surface area contributed by atoms with Crippen LogP contribution < -0.4 is 9.47 Å². The van der Waals surface area contributed by atoms with E-state index in [1.54, 1.807) is 0 Å². The molecule has 0 saturated carbocycles. The minimum Gasteiger partial charge on any atom is -0.493 e. The van der Waals surface area contributed by atoms with Crippen LogP contribution in [0.2, 0.25) is 0 Å². The Morgan fingerprint density at radius 3 is 2.29 bits per heavy atom. The predicted octanol–water partition coefficient (Wildman–Crippen LogP) is 0.863. The number of Topliss-reactive ketones (excluding diaryl/α,β-unsaturated/α-hetero) is 1. The topological polar surface area (TPSA) is 93.2 Å². The van der Waals surface area contributed by atoms with Crippen molar-refractivity contribution in [3.8, 4) is 11.5 Å². The number of rotatable bonds is 7. The number of nitrogens with zero attached hydrogens (tertiary/aromatic N) is 2. The normalized spacial score (nSPS) is 14.2. The number of amides is 4. The molecule has 1 fully saturated rings. The minimum absolute atomic E-state index is 0.0928. The molecule has 24 heavy (non-hydrogen) atoms. The fraction of sp³-hybridized carbons (Fsp3) is 0.250. The average molecular weight is 332 g/mol. The van der Waals surface area contributed by atoms with E-state index in [9.17, 15) is 19.2 Å². The Kier molecular flexibility index (Phi) is 4.98. The van der Waals surface area contributed by atoms with E-state index >= 15 is 0 Å². The van der Waals surface area contributed by atoms with E-state index in [0.717, 1.165) is 4.90 Å².